The molecule has 188 valence electrons. The van der Waals surface area contributed by atoms with E-state index in [1.165, 1.54) is 69.8 Å². The Labute approximate surface area is 206 Å². The maximum atomic E-state index is 6.30. The van der Waals surface area contributed by atoms with Gasteiger partial charge in [-0.3, -0.25) is 0 Å². The van der Waals surface area contributed by atoms with Crippen molar-refractivity contribution in [3.8, 4) is 0 Å². The third-order valence-electron chi connectivity index (χ3n) is 12.0. The number of ether oxygens (including phenoxy) is 1. The van der Waals surface area contributed by atoms with Gasteiger partial charge in [0.15, 0.2) is 0 Å². The minimum absolute atomic E-state index is 0.279. The van der Waals surface area contributed by atoms with Crippen molar-refractivity contribution < 1.29 is 4.74 Å². The maximum Gasteiger partial charge on any atom is 0.0629 e. The SMILES string of the molecule is CCOC1CC[C@]2(C)C3=C(CCC2C1(C)C)[C@]1(C)CC[C@H]([C@H](C)CCC=C(C)C)[C@@]1(C)CC3. The Hall–Kier alpha value is -0.560. The van der Waals surface area contributed by atoms with Crippen molar-refractivity contribution in [2.24, 2.45) is 39.4 Å². The Morgan fingerprint density at radius 2 is 1.70 bits per heavy atom. The molecule has 0 aromatic heterocycles. The second-order valence-corrected chi connectivity index (χ2v) is 14.0. The lowest BCUT2D eigenvalue weighted by Crippen LogP contribution is -2.55. The van der Waals surface area contributed by atoms with Gasteiger partial charge < -0.3 is 4.74 Å². The zero-order chi connectivity index (χ0) is 24.2. The first kappa shape index (κ1) is 25.5. The van der Waals surface area contributed by atoms with Crippen molar-refractivity contribution in [1.29, 1.82) is 0 Å². The van der Waals surface area contributed by atoms with E-state index in [0.29, 0.717) is 22.3 Å². The number of allylic oxidation sites excluding steroid dienone is 4. The molecule has 2 unspecified atom stereocenters. The summed E-state index contributed by atoms with van der Waals surface area (Å²) in [5.74, 6) is 2.49. The van der Waals surface area contributed by atoms with Crippen molar-refractivity contribution in [2.75, 3.05) is 6.61 Å². The molecule has 0 saturated heterocycles. The van der Waals surface area contributed by atoms with Crippen LogP contribution in [0.3, 0.4) is 0 Å². The fraction of sp³-hybridized carbons (Fsp3) is 0.875. The van der Waals surface area contributed by atoms with Crippen LogP contribution in [-0.2, 0) is 4.74 Å². The standard InChI is InChI=1S/C32H54O/c1-10-33-28-18-19-30(7)25-17-21-31(8)24(23(4)13-11-12-22(2)3)16-20-32(31,9)26(25)14-15-27(30)29(28,5)6/h12,23-24,27-28H,10-11,13-21H2,1-9H3/t23-,24-,27?,28?,30-,31-,32+/m1/s1. The highest BCUT2D eigenvalue weighted by Crippen LogP contribution is 2.72. The first-order valence-electron chi connectivity index (χ1n) is 14.4. The molecule has 7 atom stereocenters. The number of hydrogen-bond acceptors (Lipinski definition) is 1. The van der Waals surface area contributed by atoms with E-state index < -0.39 is 0 Å². The molecule has 0 aromatic rings. The van der Waals surface area contributed by atoms with E-state index in [4.69, 9.17) is 4.74 Å². The Morgan fingerprint density at radius 3 is 2.36 bits per heavy atom. The van der Waals surface area contributed by atoms with Gasteiger partial charge >= 0.3 is 0 Å². The topological polar surface area (TPSA) is 9.23 Å². The highest BCUT2D eigenvalue weighted by atomic mass is 16.5. The van der Waals surface area contributed by atoms with E-state index in [0.717, 1.165) is 24.4 Å². The van der Waals surface area contributed by atoms with Gasteiger partial charge in [-0.25, -0.2) is 0 Å². The van der Waals surface area contributed by atoms with E-state index in [-0.39, 0.29) is 5.41 Å². The van der Waals surface area contributed by atoms with E-state index in [2.05, 4.69) is 68.4 Å². The summed E-state index contributed by atoms with van der Waals surface area (Å²) in [6.45, 7) is 23.2. The largest absolute Gasteiger partial charge is 0.378 e. The zero-order valence-electron chi connectivity index (χ0n) is 23.6. The summed E-state index contributed by atoms with van der Waals surface area (Å²) < 4.78 is 6.30. The molecular weight excluding hydrogens is 400 g/mol. The van der Waals surface area contributed by atoms with E-state index in [9.17, 15) is 0 Å². The normalized spacial score (nSPS) is 42.9. The maximum absolute atomic E-state index is 6.30. The molecule has 0 aromatic carbocycles. The van der Waals surface area contributed by atoms with Crippen molar-refractivity contribution in [3.63, 3.8) is 0 Å². The van der Waals surface area contributed by atoms with Gasteiger partial charge in [-0.1, -0.05) is 64.3 Å². The van der Waals surface area contributed by atoms with Crippen molar-refractivity contribution >= 4 is 0 Å². The lowest BCUT2D eigenvalue weighted by Gasteiger charge is -2.62. The van der Waals surface area contributed by atoms with Gasteiger partial charge in [-0.2, -0.15) is 0 Å². The summed E-state index contributed by atoms with van der Waals surface area (Å²) in [6, 6.07) is 0. The summed E-state index contributed by atoms with van der Waals surface area (Å²) in [4.78, 5) is 0. The number of fused-ring (bicyclic) bond motifs is 4. The van der Waals surface area contributed by atoms with Gasteiger partial charge in [0, 0.05) is 6.61 Å². The molecule has 0 aliphatic heterocycles. The summed E-state index contributed by atoms with van der Waals surface area (Å²) in [6.07, 6.45) is 16.4. The summed E-state index contributed by atoms with van der Waals surface area (Å²) in [5.41, 5.74) is 6.90. The average molecular weight is 455 g/mol. The van der Waals surface area contributed by atoms with Crippen LogP contribution in [0, 0.1) is 39.4 Å². The highest BCUT2D eigenvalue weighted by Gasteiger charge is 2.63. The molecule has 0 N–H and O–H groups in total. The van der Waals surface area contributed by atoms with Crippen LogP contribution in [0.4, 0.5) is 0 Å². The van der Waals surface area contributed by atoms with E-state index in [1.807, 2.05) is 11.1 Å². The lowest BCUT2D eigenvalue weighted by atomic mass is 9.43. The smallest absolute Gasteiger partial charge is 0.0629 e. The summed E-state index contributed by atoms with van der Waals surface area (Å²) in [5, 5.41) is 0. The Bertz CT molecular complexity index is 797. The zero-order valence-corrected chi connectivity index (χ0v) is 23.6. The third-order valence-corrected chi connectivity index (χ3v) is 12.0. The Morgan fingerprint density at radius 1 is 0.970 bits per heavy atom. The Balaban J connectivity index is 1.63. The van der Waals surface area contributed by atoms with Crippen molar-refractivity contribution in [3.05, 3.63) is 22.8 Å². The van der Waals surface area contributed by atoms with Gasteiger partial charge in [0.05, 0.1) is 6.10 Å². The molecule has 0 spiro atoms. The van der Waals surface area contributed by atoms with Crippen molar-refractivity contribution in [1.82, 2.24) is 0 Å². The van der Waals surface area contributed by atoms with E-state index in [1.54, 1.807) is 0 Å². The van der Waals surface area contributed by atoms with Gasteiger partial charge in [-0.15, -0.1) is 0 Å². The molecule has 2 fully saturated rings. The molecule has 2 saturated carbocycles. The van der Waals surface area contributed by atoms with Gasteiger partial charge in [0.25, 0.3) is 0 Å². The molecule has 33 heavy (non-hydrogen) atoms. The molecule has 4 aliphatic rings. The average Bonchev–Trinajstić information content (AvgIpc) is 3.01. The molecule has 0 heterocycles. The van der Waals surface area contributed by atoms with Crippen LogP contribution in [0.1, 0.15) is 127 Å². The molecule has 0 radical (unpaired) electrons. The molecule has 4 rings (SSSR count). The predicted molar refractivity (Wildman–Crippen MR) is 142 cm³/mol. The van der Waals surface area contributed by atoms with Crippen LogP contribution in [-0.4, -0.2) is 12.7 Å². The second kappa shape index (κ2) is 8.83. The monoisotopic (exact) mass is 454 g/mol. The van der Waals surface area contributed by atoms with Gasteiger partial charge in [0.2, 0.25) is 0 Å². The first-order valence-corrected chi connectivity index (χ1v) is 14.4. The van der Waals surface area contributed by atoms with E-state index >= 15 is 0 Å². The summed E-state index contributed by atoms with van der Waals surface area (Å²) in [7, 11) is 0. The van der Waals surface area contributed by atoms with Crippen LogP contribution in [0.15, 0.2) is 22.8 Å². The first-order chi connectivity index (χ1) is 15.4. The van der Waals surface area contributed by atoms with Crippen LogP contribution >= 0.6 is 0 Å². The fourth-order valence-corrected chi connectivity index (χ4v) is 9.95. The molecule has 0 bridgehead atoms. The van der Waals surface area contributed by atoms with Crippen LogP contribution < -0.4 is 0 Å². The lowest BCUT2D eigenvalue weighted by molar-refractivity contribution is -0.123. The van der Waals surface area contributed by atoms with Crippen LogP contribution in [0.25, 0.3) is 0 Å². The Kier molecular flexibility index (Phi) is 6.83. The summed E-state index contributed by atoms with van der Waals surface area (Å²) >= 11 is 0. The second-order valence-electron chi connectivity index (χ2n) is 14.0. The fourth-order valence-electron chi connectivity index (χ4n) is 9.95. The highest BCUT2D eigenvalue weighted by molar-refractivity contribution is 5.38. The quantitative estimate of drug-likeness (QED) is 0.363. The minimum atomic E-state index is 0.279. The number of rotatable bonds is 6. The molecule has 0 amide bonds. The molecule has 4 aliphatic carbocycles. The van der Waals surface area contributed by atoms with Crippen LogP contribution in [0.5, 0.6) is 0 Å². The third kappa shape index (κ3) is 3.82. The number of hydrogen-bond donors (Lipinski definition) is 0. The van der Waals surface area contributed by atoms with Gasteiger partial charge in [0.1, 0.15) is 0 Å². The predicted octanol–water partition coefficient (Wildman–Crippen LogP) is 9.52. The molecule has 1 heteroatoms. The molecule has 1 nitrogen and oxygen atoms in total. The van der Waals surface area contributed by atoms with Gasteiger partial charge in [-0.05, 0) is 124 Å². The van der Waals surface area contributed by atoms with Crippen molar-refractivity contribution in [2.45, 2.75) is 133 Å². The molecular formula is C32H54O. The van der Waals surface area contributed by atoms with Crippen LogP contribution in [0.2, 0.25) is 0 Å². The minimum Gasteiger partial charge on any atom is -0.378 e.